The van der Waals surface area contributed by atoms with Crippen molar-refractivity contribution in [1.29, 1.82) is 0 Å². The fraction of sp³-hybridized carbons (Fsp3) is 0.590. The van der Waals surface area contributed by atoms with Gasteiger partial charge >= 0.3 is 0 Å². The van der Waals surface area contributed by atoms with E-state index in [0.717, 1.165) is 56.1 Å². The fourth-order valence-electron chi connectivity index (χ4n) is 8.18. The van der Waals surface area contributed by atoms with Crippen molar-refractivity contribution >= 4 is 35.3 Å². The minimum Gasteiger partial charge on any atom is -0.347 e. The first kappa shape index (κ1) is 37.1. The second-order valence-corrected chi connectivity index (χ2v) is 16.2. The van der Waals surface area contributed by atoms with Crippen LogP contribution >= 0.6 is 0 Å². The molecular weight excluding hydrogens is 662 g/mol. The number of benzene rings is 1. The van der Waals surface area contributed by atoms with Crippen LogP contribution in [0.15, 0.2) is 42.9 Å². The largest absolute Gasteiger partial charge is 0.347 e. The van der Waals surface area contributed by atoms with Gasteiger partial charge in [0.1, 0.15) is 23.8 Å². The summed E-state index contributed by atoms with van der Waals surface area (Å²) < 4.78 is 0. The minimum absolute atomic E-state index is 0.00717. The summed E-state index contributed by atoms with van der Waals surface area (Å²) in [6.07, 6.45) is 11.6. The van der Waals surface area contributed by atoms with Crippen LogP contribution in [0.25, 0.3) is 0 Å². The summed E-state index contributed by atoms with van der Waals surface area (Å²) in [6, 6.07) is 4.04. The van der Waals surface area contributed by atoms with Gasteiger partial charge < -0.3 is 26.2 Å². The predicted octanol–water partition coefficient (Wildman–Crippen LogP) is 2.42. The van der Waals surface area contributed by atoms with Gasteiger partial charge in [-0.25, -0.2) is 4.98 Å². The van der Waals surface area contributed by atoms with E-state index in [1.807, 2.05) is 45.0 Å². The summed E-state index contributed by atoms with van der Waals surface area (Å²) in [5, 5.41) is 11.4. The van der Waals surface area contributed by atoms with E-state index in [1.54, 1.807) is 6.92 Å². The molecule has 13 heteroatoms. The van der Waals surface area contributed by atoms with Gasteiger partial charge in [0.15, 0.2) is 0 Å². The Labute approximate surface area is 304 Å². The second-order valence-electron chi connectivity index (χ2n) is 16.2. The highest BCUT2D eigenvalue weighted by atomic mass is 16.2. The molecule has 4 aliphatic rings. The first-order valence-electron chi connectivity index (χ1n) is 18.7. The van der Waals surface area contributed by atoms with Crippen LogP contribution < -0.4 is 21.3 Å². The van der Waals surface area contributed by atoms with Crippen molar-refractivity contribution in [1.82, 2.24) is 36.1 Å². The molecular formula is C39H51N7O6. The third kappa shape index (κ3) is 7.88. The van der Waals surface area contributed by atoms with Crippen LogP contribution in [0.1, 0.15) is 101 Å². The number of carbonyl (C=O) groups is 6. The van der Waals surface area contributed by atoms with E-state index < -0.39 is 70.3 Å². The fourth-order valence-corrected chi connectivity index (χ4v) is 8.18. The van der Waals surface area contributed by atoms with Crippen molar-refractivity contribution in [2.45, 2.75) is 122 Å². The lowest BCUT2D eigenvalue weighted by Gasteiger charge is -2.56. The molecule has 3 aliphatic carbocycles. The van der Waals surface area contributed by atoms with Crippen LogP contribution in [-0.4, -0.2) is 86.9 Å². The lowest BCUT2D eigenvalue weighted by molar-refractivity contribution is -0.169. The molecule has 13 nitrogen and oxygen atoms in total. The van der Waals surface area contributed by atoms with Crippen molar-refractivity contribution in [3.05, 3.63) is 59.7 Å². The highest BCUT2D eigenvalue weighted by molar-refractivity contribution is 6.38. The van der Waals surface area contributed by atoms with Crippen molar-refractivity contribution < 1.29 is 28.8 Å². The number of fused-ring (bicyclic) bond motifs is 1. The number of ketones is 1. The van der Waals surface area contributed by atoms with Gasteiger partial charge in [-0.15, -0.1) is 0 Å². The molecule has 2 saturated carbocycles. The molecule has 278 valence electrons. The molecule has 5 amide bonds. The van der Waals surface area contributed by atoms with Gasteiger partial charge in [-0.2, -0.15) is 0 Å². The summed E-state index contributed by atoms with van der Waals surface area (Å²) in [4.78, 5) is 91.9. The third-order valence-corrected chi connectivity index (χ3v) is 11.2. The van der Waals surface area contributed by atoms with E-state index in [9.17, 15) is 28.8 Å². The lowest BCUT2D eigenvalue weighted by atomic mass is 9.67. The smallest absolute Gasteiger partial charge is 0.289 e. The van der Waals surface area contributed by atoms with Gasteiger partial charge in [0.05, 0.1) is 12.2 Å². The molecule has 1 aliphatic heterocycles. The Hall–Kier alpha value is -4.68. The van der Waals surface area contributed by atoms with E-state index >= 15 is 0 Å². The number of amides is 5. The summed E-state index contributed by atoms with van der Waals surface area (Å²) in [5.41, 5.74) is 0.918. The third-order valence-electron chi connectivity index (χ3n) is 11.2. The number of hydrogen-bond donors (Lipinski definition) is 4. The average molecular weight is 714 g/mol. The molecule has 6 rings (SSSR count). The highest BCUT2D eigenvalue weighted by Crippen LogP contribution is 2.49. The Morgan fingerprint density at radius 1 is 0.904 bits per heavy atom. The number of nitrogens with zero attached hydrogens (tertiary/aromatic N) is 3. The Morgan fingerprint density at radius 2 is 1.58 bits per heavy atom. The summed E-state index contributed by atoms with van der Waals surface area (Å²) in [6.45, 7) is 7.57. The second kappa shape index (κ2) is 15.1. The van der Waals surface area contributed by atoms with Gasteiger partial charge in [0.2, 0.25) is 23.5 Å². The van der Waals surface area contributed by atoms with Crippen LogP contribution in [0.5, 0.6) is 0 Å². The van der Waals surface area contributed by atoms with Crippen molar-refractivity contribution in [3.63, 3.8) is 0 Å². The highest BCUT2D eigenvalue weighted by Gasteiger charge is 2.61. The molecule has 1 aromatic carbocycles. The SMILES string of the molecule is CCC(NC(=O)C1N(C(=O)[C@@H](NC(=O)[C@@H](NC(=O)c2cnccn2)C2CCCCC2)C(C)(C)C)CC12Cc1ccccc1C2)C(=O)C(=O)NC1CC1. The summed E-state index contributed by atoms with van der Waals surface area (Å²) in [5.74, 6) is -3.47. The Bertz CT molecular complexity index is 1670. The minimum atomic E-state index is -1.04. The number of rotatable bonds is 12. The van der Waals surface area contributed by atoms with E-state index in [4.69, 9.17) is 0 Å². The molecule has 1 aromatic heterocycles. The normalized spacial score (nSPS) is 21.2. The summed E-state index contributed by atoms with van der Waals surface area (Å²) >= 11 is 0. The Morgan fingerprint density at radius 3 is 2.15 bits per heavy atom. The number of likely N-dealkylation sites (tertiary alicyclic amines) is 1. The van der Waals surface area contributed by atoms with Crippen LogP contribution in [0, 0.1) is 16.7 Å². The molecule has 4 atom stereocenters. The molecule has 0 radical (unpaired) electrons. The molecule has 1 saturated heterocycles. The van der Waals surface area contributed by atoms with E-state index in [2.05, 4.69) is 31.2 Å². The van der Waals surface area contributed by atoms with Gasteiger partial charge in [0, 0.05) is 30.4 Å². The van der Waals surface area contributed by atoms with Gasteiger partial charge in [0.25, 0.3) is 11.8 Å². The van der Waals surface area contributed by atoms with Gasteiger partial charge in [-0.3, -0.25) is 33.8 Å². The summed E-state index contributed by atoms with van der Waals surface area (Å²) in [7, 11) is 0. The molecule has 4 N–H and O–H groups in total. The molecule has 2 heterocycles. The van der Waals surface area contributed by atoms with E-state index in [0.29, 0.717) is 12.8 Å². The van der Waals surface area contributed by atoms with Crippen LogP contribution in [-0.2, 0) is 36.8 Å². The number of aromatic nitrogens is 2. The van der Waals surface area contributed by atoms with Crippen molar-refractivity contribution in [3.8, 4) is 0 Å². The molecule has 1 spiro atoms. The number of nitrogens with one attached hydrogen (secondary N) is 4. The standard InChI is InChI=1S/C39H51N7O6/c1-5-27(30(47)35(50)42-26-15-16-26)43-36(51)32-39(19-24-13-9-10-14-25(24)20-39)22-46(32)37(52)31(38(2,3)4)45-34(49)29(23-11-7-6-8-12-23)44-33(48)28-21-40-17-18-41-28/h9-10,13-14,17-18,21,23,26-27,29,31-32H,5-8,11-12,15-16,19-20,22H2,1-4H3,(H,42,50)(H,43,51)(H,44,48)(H,45,49)/t27?,29-,31+,32?/m0/s1. The first-order valence-corrected chi connectivity index (χ1v) is 18.7. The van der Waals surface area contributed by atoms with Crippen molar-refractivity contribution in [2.24, 2.45) is 16.7 Å². The molecule has 2 unspecified atom stereocenters. The monoisotopic (exact) mass is 713 g/mol. The average Bonchev–Trinajstić information content (AvgIpc) is 3.85. The van der Waals surface area contributed by atoms with Crippen LogP contribution in [0.4, 0.5) is 0 Å². The first-order chi connectivity index (χ1) is 24.8. The van der Waals surface area contributed by atoms with Crippen molar-refractivity contribution in [2.75, 3.05) is 6.54 Å². The zero-order valence-electron chi connectivity index (χ0n) is 30.6. The number of carbonyl (C=O) groups excluding carboxylic acids is 6. The zero-order chi connectivity index (χ0) is 37.2. The van der Waals surface area contributed by atoms with Gasteiger partial charge in [-0.1, -0.05) is 71.2 Å². The van der Waals surface area contributed by atoms with Gasteiger partial charge in [-0.05, 0) is 67.4 Å². The maximum Gasteiger partial charge on any atom is 0.289 e. The van der Waals surface area contributed by atoms with E-state index in [-0.39, 0.29) is 30.6 Å². The number of Topliss-reactive ketones (excluding diaryl/α,β-unsaturated/α-hetero) is 1. The van der Waals surface area contributed by atoms with Crippen LogP contribution in [0.3, 0.4) is 0 Å². The Balaban J connectivity index is 1.24. The molecule has 2 aromatic rings. The Kier molecular flexibility index (Phi) is 10.8. The number of hydrogen-bond acceptors (Lipinski definition) is 8. The maximum absolute atomic E-state index is 14.7. The van der Waals surface area contributed by atoms with E-state index in [1.165, 1.54) is 23.5 Å². The van der Waals surface area contributed by atoms with Crippen LogP contribution in [0.2, 0.25) is 0 Å². The zero-order valence-corrected chi connectivity index (χ0v) is 30.6. The predicted molar refractivity (Wildman–Crippen MR) is 191 cm³/mol. The topological polar surface area (TPSA) is 180 Å². The quantitative estimate of drug-likeness (QED) is 0.242. The lowest BCUT2D eigenvalue weighted by Crippen LogP contribution is -2.75. The maximum atomic E-state index is 14.7. The molecule has 52 heavy (non-hydrogen) atoms. The molecule has 3 fully saturated rings. The molecule has 0 bridgehead atoms.